The lowest BCUT2D eigenvalue weighted by Gasteiger charge is -2.27. The van der Waals surface area contributed by atoms with E-state index in [0.717, 1.165) is 38.7 Å². The third-order valence-electron chi connectivity index (χ3n) is 7.49. The summed E-state index contributed by atoms with van der Waals surface area (Å²) in [5.74, 6) is -1.58. The standard InChI is InChI=1S/C34H37N3O6/c1-20(38)30(32(40)43-34(2,3)4)37-31(39)29(17-21-18-35-28-16-10-9-11-22(21)28)36-33(41)42-19-27-25-14-7-5-12-23(25)24-13-6-8-15-26(24)27/h5-16,18,20,27,29-30,35,38H,17,19H2,1-4H3,(H,36,41)(H,37,39)/t20-,29+,30-/m1/s1. The predicted octanol–water partition coefficient (Wildman–Crippen LogP) is 4.83. The molecule has 0 bridgehead atoms. The van der Waals surface area contributed by atoms with Crippen LogP contribution in [0.4, 0.5) is 4.79 Å². The molecule has 1 heterocycles. The molecule has 1 aliphatic rings. The van der Waals surface area contributed by atoms with Crippen molar-refractivity contribution in [1.82, 2.24) is 15.6 Å². The fraction of sp³-hybridized carbons (Fsp3) is 0.324. The third kappa shape index (κ3) is 6.73. The number of amides is 2. The Kier molecular flexibility index (Phi) is 8.54. The molecule has 2 amide bonds. The summed E-state index contributed by atoms with van der Waals surface area (Å²) in [6.45, 7) is 6.57. The van der Waals surface area contributed by atoms with Crippen LogP contribution in [0, 0.1) is 0 Å². The van der Waals surface area contributed by atoms with E-state index in [0.29, 0.717) is 0 Å². The number of H-pyrrole nitrogens is 1. The van der Waals surface area contributed by atoms with Crippen LogP contribution >= 0.6 is 0 Å². The maximum absolute atomic E-state index is 13.6. The van der Waals surface area contributed by atoms with E-state index in [1.165, 1.54) is 6.92 Å². The highest BCUT2D eigenvalue weighted by atomic mass is 16.6. The van der Waals surface area contributed by atoms with Crippen molar-refractivity contribution in [3.05, 3.63) is 95.7 Å². The molecule has 0 fully saturated rings. The van der Waals surface area contributed by atoms with Crippen LogP contribution in [0.1, 0.15) is 50.3 Å². The lowest BCUT2D eigenvalue weighted by Crippen LogP contribution is -2.56. The molecule has 9 nitrogen and oxygen atoms in total. The first-order valence-electron chi connectivity index (χ1n) is 14.4. The number of esters is 1. The van der Waals surface area contributed by atoms with Gasteiger partial charge in [-0.25, -0.2) is 9.59 Å². The Labute approximate surface area is 250 Å². The van der Waals surface area contributed by atoms with Gasteiger partial charge in [0.15, 0.2) is 6.04 Å². The Balaban J connectivity index is 1.34. The van der Waals surface area contributed by atoms with E-state index in [-0.39, 0.29) is 18.9 Å². The number of fused-ring (bicyclic) bond motifs is 4. The minimum absolute atomic E-state index is 0.0789. The van der Waals surface area contributed by atoms with E-state index in [4.69, 9.17) is 9.47 Å². The minimum Gasteiger partial charge on any atom is -0.458 e. The minimum atomic E-state index is -1.33. The SMILES string of the molecule is C[C@@H](O)[C@@H](NC(=O)[C@H](Cc1c[nH]c2ccccc12)NC(=O)OCC1c2ccccc2-c2ccccc21)C(=O)OC(C)(C)C. The van der Waals surface area contributed by atoms with Gasteiger partial charge in [-0.05, 0) is 61.6 Å². The zero-order chi connectivity index (χ0) is 30.7. The number of carbonyl (C=O) groups excluding carboxylic acids is 3. The van der Waals surface area contributed by atoms with Gasteiger partial charge in [-0.1, -0.05) is 66.7 Å². The van der Waals surface area contributed by atoms with E-state index >= 15 is 0 Å². The lowest BCUT2D eigenvalue weighted by atomic mass is 9.98. The highest BCUT2D eigenvalue weighted by Gasteiger charge is 2.34. The summed E-state index contributed by atoms with van der Waals surface area (Å²) >= 11 is 0. The molecule has 0 radical (unpaired) electrons. The Morgan fingerprint density at radius 3 is 2.14 bits per heavy atom. The second-order valence-corrected chi connectivity index (χ2v) is 11.8. The van der Waals surface area contributed by atoms with Gasteiger partial charge in [-0.15, -0.1) is 0 Å². The van der Waals surface area contributed by atoms with E-state index in [9.17, 15) is 19.5 Å². The van der Waals surface area contributed by atoms with Crippen LogP contribution in [0.3, 0.4) is 0 Å². The lowest BCUT2D eigenvalue weighted by molar-refractivity contribution is -0.161. The molecule has 1 aromatic heterocycles. The number of rotatable bonds is 9. The number of carbonyl (C=O) groups is 3. The molecule has 0 unspecified atom stereocenters. The van der Waals surface area contributed by atoms with Gasteiger partial charge in [0.1, 0.15) is 18.2 Å². The maximum atomic E-state index is 13.6. The predicted molar refractivity (Wildman–Crippen MR) is 163 cm³/mol. The summed E-state index contributed by atoms with van der Waals surface area (Å²) < 4.78 is 11.1. The number of nitrogens with one attached hydrogen (secondary N) is 3. The van der Waals surface area contributed by atoms with Crippen molar-refractivity contribution in [3.63, 3.8) is 0 Å². The van der Waals surface area contributed by atoms with Crippen LogP contribution in [0.25, 0.3) is 22.0 Å². The molecule has 0 spiro atoms. The molecule has 9 heteroatoms. The highest BCUT2D eigenvalue weighted by Crippen LogP contribution is 2.44. The van der Waals surface area contributed by atoms with Crippen LogP contribution < -0.4 is 10.6 Å². The van der Waals surface area contributed by atoms with E-state index < -0.39 is 41.8 Å². The van der Waals surface area contributed by atoms with E-state index in [2.05, 4.69) is 27.8 Å². The Hall–Kier alpha value is -4.63. The zero-order valence-electron chi connectivity index (χ0n) is 24.7. The second-order valence-electron chi connectivity index (χ2n) is 11.8. The number of aliphatic hydroxyl groups is 1. The number of aromatic amines is 1. The topological polar surface area (TPSA) is 130 Å². The number of benzene rings is 3. The molecule has 4 aromatic rings. The number of hydrogen-bond donors (Lipinski definition) is 4. The fourth-order valence-corrected chi connectivity index (χ4v) is 5.51. The Bertz CT molecular complexity index is 1590. The first-order valence-corrected chi connectivity index (χ1v) is 14.4. The van der Waals surface area contributed by atoms with Crippen LogP contribution in [-0.4, -0.2) is 58.5 Å². The number of aromatic nitrogens is 1. The van der Waals surface area contributed by atoms with E-state index in [1.807, 2.05) is 60.7 Å². The van der Waals surface area contributed by atoms with Gasteiger partial charge in [0.05, 0.1) is 6.10 Å². The molecule has 3 atom stereocenters. The smallest absolute Gasteiger partial charge is 0.407 e. The molecule has 0 aliphatic heterocycles. The van der Waals surface area contributed by atoms with Gasteiger partial charge in [0.25, 0.3) is 0 Å². The van der Waals surface area contributed by atoms with Crippen LogP contribution in [0.5, 0.6) is 0 Å². The van der Waals surface area contributed by atoms with Crippen LogP contribution in [0.15, 0.2) is 79.0 Å². The molecular formula is C34H37N3O6. The van der Waals surface area contributed by atoms with Crippen molar-refractivity contribution in [2.45, 2.75) is 63.8 Å². The summed E-state index contributed by atoms with van der Waals surface area (Å²) in [5, 5.41) is 16.5. The molecule has 4 N–H and O–H groups in total. The van der Waals surface area contributed by atoms with Gasteiger partial charge >= 0.3 is 12.1 Å². The Morgan fingerprint density at radius 1 is 0.907 bits per heavy atom. The number of aliphatic hydroxyl groups excluding tert-OH is 1. The molecule has 0 saturated carbocycles. The quantitative estimate of drug-likeness (QED) is 0.209. The highest BCUT2D eigenvalue weighted by molar-refractivity contribution is 5.91. The molecule has 1 aliphatic carbocycles. The van der Waals surface area contributed by atoms with Gasteiger partial charge in [0.2, 0.25) is 5.91 Å². The van der Waals surface area contributed by atoms with Crippen LogP contribution in [-0.2, 0) is 25.5 Å². The number of para-hydroxylation sites is 1. The zero-order valence-corrected chi connectivity index (χ0v) is 24.7. The molecule has 5 rings (SSSR count). The van der Waals surface area contributed by atoms with E-state index in [1.54, 1.807) is 27.0 Å². The normalized spacial score (nSPS) is 14.7. The molecule has 224 valence electrons. The van der Waals surface area contributed by atoms with Gasteiger partial charge in [-0.2, -0.15) is 0 Å². The summed E-state index contributed by atoms with van der Waals surface area (Å²) in [5.41, 5.74) is 5.21. The van der Waals surface area contributed by atoms with Gasteiger partial charge in [0, 0.05) is 29.4 Å². The van der Waals surface area contributed by atoms with Crippen molar-refractivity contribution >= 4 is 28.9 Å². The largest absolute Gasteiger partial charge is 0.458 e. The summed E-state index contributed by atoms with van der Waals surface area (Å²) in [6.07, 6.45) is -0.111. The van der Waals surface area contributed by atoms with Crippen molar-refractivity contribution in [3.8, 4) is 11.1 Å². The summed E-state index contributed by atoms with van der Waals surface area (Å²) in [4.78, 5) is 42.8. The van der Waals surface area contributed by atoms with Crippen LogP contribution in [0.2, 0.25) is 0 Å². The average Bonchev–Trinajstić information content (AvgIpc) is 3.52. The first kappa shape index (κ1) is 29.8. The first-order chi connectivity index (χ1) is 20.5. The maximum Gasteiger partial charge on any atom is 0.407 e. The summed E-state index contributed by atoms with van der Waals surface area (Å²) in [7, 11) is 0. The number of hydrogen-bond acceptors (Lipinski definition) is 6. The van der Waals surface area contributed by atoms with Crippen molar-refractivity contribution in [1.29, 1.82) is 0 Å². The van der Waals surface area contributed by atoms with Crippen molar-refractivity contribution in [2.75, 3.05) is 6.61 Å². The third-order valence-corrected chi connectivity index (χ3v) is 7.49. The summed E-state index contributed by atoms with van der Waals surface area (Å²) in [6, 6.07) is 21.2. The fourth-order valence-electron chi connectivity index (χ4n) is 5.51. The number of ether oxygens (including phenoxy) is 2. The van der Waals surface area contributed by atoms with Crippen molar-refractivity contribution in [2.24, 2.45) is 0 Å². The van der Waals surface area contributed by atoms with Gasteiger partial charge < -0.3 is 30.2 Å². The monoisotopic (exact) mass is 583 g/mol. The molecule has 3 aromatic carbocycles. The molecule has 0 saturated heterocycles. The second kappa shape index (κ2) is 12.3. The van der Waals surface area contributed by atoms with Crippen molar-refractivity contribution < 1.29 is 29.0 Å². The van der Waals surface area contributed by atoms with Gasteiger partial charge in [-0.3, -0.25) is 4.79 Å². The molecule has 43 heavy (non-hydrogen) atoms. The molecular weight excluding hydrogens is 546 g/mol. The number of alkyl carbamates (subject to hydrolysis) is 1. The Morgan fingerprint density at radius 2 is 1.51 bits per heavy atom. The average molecular weight is 584 g/mol.